The molecular weight excluding hydrogens is 392 g/mol. The van der Waals surface area contributed by atoms with Gasteiger partial charge in [-0.1, -0.05) is 12.1 Å². The fourth-order valence-electron chi connectivity index (χ4n) is 3.78. The lowest BCUT2D eigenvalue weighted by Gasteiger charge is -2.16. The minimum absolute atomic E-state index is 0.0140. The van der Waals surface area contributed by atoms with Gasteiger partial charge < -0.3 is 14.8 Å². The van der Waals surface area contributed by atoms with Gasteiger partial charge in [0.25, 0.3) is 15.9 Å². The SMILES string of the molecule is O=C1CCCN1Cc1cccc(NS(=O)(=O)c2c[nH]c(C(=O)N3CCCC3)c2)c1. The lowest BCUT2D eigenvalue weighted by atomic mass is 10.2. The van der Waals surface area contributed by atoms with Crippen molar-refractivity contribution in [1.29, 1.82) is 0 Å². The summed E-state index contributed by atoms with van der Waals surface area (Å²) in [7, 11) is -3.84. The second kappa shape index (κ2) is 7.90. The van der Waals surface area contributed by atoms with Gasteiger partial charge in [-0.15, -0.1) is 0 Å². The average molecular weight is 417 g/mol. The van der Waals surface area contributed by atoms with Gasteiger partial charge in [-0.05, 0) is 43.0 Å². The van der Waals surface area contributed by atoms with Crippen LogP contribution in [0.2, 0.25) is 0 Å². The van der Waals surface area contributed by atoms with Crippen LogP contribution in [-0.2, 0) is 21.4 Å². The molecule has 3 heterocycles. The molecule has 0 saturated carbocycles. The number of nitrogens with zero attached hydrogens (tertiary/aromatic N) is 2. The van der Waals surface area contributed by atoms with E-state index in [1.165, 1.54) is 12.3 Å². The van der Waals surface area contributed by atoms with Crippen LogP contribution >= 0.6 is 0 Å². The maximum Gasteiger partial charge on any atom is 0.270 e. The predicted molar refractivity (Wildman–Crippen MR) is 108 cm³/mol. The van der Waals surface area contributed by atoms with E-state index in [2.05, 4.69) is 9.71 Å². The van der Waals surface area contributed by atoms with Crippen molar-refractivity contribution in [1.82, 2.24) is 14.8 Å². The summed E-state index contributed by atoms with van der Waals surface area (Å²) < 4.78 is 28.0. The molecule has 1 aromatic carbocycles. The molecule has 2 N–H and O–H groups in total. The van der Waals surface area contributed by atoms with Gasteiger partial charge in [0.1, 0.15) is 10.6 Å². The monoisotopic (exact) mass is 416 g/mol. The van der Waals surface area contributed by atoms with E-state index < -0.39 is 10.0 Å². The number of H-pyrrole nitrogens is 1. The molecule has 2 fully saturated rings. The molecule has 4 rings (SSSR count). The number of hydrogen-bond donors (Lipinski definition) is 2. The highest BCUT2D eigenvalue weighted by molar-refractivity contribution is 7.92. The zero-order valence-corrected chi connectivity index (χ0v) is 16.9. The molecule has 2 amide bonds. The number of aromatic nitrogens is 1. The van der Waals surface area contributed by atoms with Gasteiger partial charge in [0.15, 0.2) is 0 Å². The maximum atomic E-state index is 12.7. The molecule has 2 saturated heterocycles. The molecule has 154 valence electrons. The van der Waals surface area contributed by atoms with Crippen molar-refractivity contribution in [2.45, 2.75) is 37.1 Å². The number of sulfonamides is 1. The number of aromatic amines is 1. The number of carbonyl (C=O) groups is 2. The molecule has 1 aromatic heterocycles. The number of carbonyl (C=O) groups excluding carboxylic acids is 2. The predicted octanol–water partition coefficient (Wildman–Crippen LogP) is 2.17. The van der Waals surface area contributed by atoms with Crippen molar-refractivity contribution in [3.05, 3.63) is 47.8 Å². The fourth-order valence-corrected chi connectivity index (χ4v) is 4.82. The smallest absolute Gasteiger partial charge is 0.270 e. The first-order valence-corrected chi connectivity index (χ1v) is 11.3. The first-order chi connectivity index (χ1) is 13.9. The Hall–Kier alpha value is -2.81. The van der Waals surface area contributed by atoms with Crippen LogP contribution in [0.15, 0.2) is 41.4 Å². The molecule has 29 heavy (non-hydrogen) atoms. The highest BCUT2D eigenvalue weighted by Gasteiger charge is 2.24. The zero-order valence-electron chi connectivity index (χ0n) is 16.1. The van der Waals surface area contributed by atoms with Gasteiger partial charge in [0.05, 0.1) is 0 Å². The van der Waals surface area contributed by atoms with Crippen LogP contribution in [0, 0.1) is 0 Å². The molecule has 0 spiro atoms. The van der Waals surface area contributed by atoms with E-state index in [1.807, 2.05) is 6.07 Å². The molecule has 0 aliphatic carbocycles. The zero-order chi connectivity index (χ0) is 20.4. The molecule has 2 aromatic rings. The average Bonchev–Trinajstić information content (AvgIpc) is 3.44. The second-order valence-electron chi connectivity index (χ2n) is 7.47. The highest BCUT2D eigenvalue weighted by Crippen LogP contribution is 2.21. The third-order valence-corrected chi connectivity index (χ3v) is 6.68. The lowest BCUT2D eigenvalue weighted by Crippen LogP contribution is -2.27. The Balaban J connectivity index is 1.46. The summed E-state index contributed by atoms with van der Waals surface area (Å²) in [5.74, 6) is -0.0558. The van der Waals surface area contributed by atoms with E-state index in [9.17, 15) is 18.0 Å². The van der Waals surface area contributed by atoms with Crippen molar-refractivity contribution in [2.75, 3.05) is 24.4 Å². The molecule has 9 heteroatoms. The van der Waals surface area contributed by atoms with E-state index in [1.54, 1.807) is 28.0 Å². The van der Waals surface area contributed by atoms with Gasteiger partial charge >= 0.3 is 0 Å². The van der Waals surface area contributed by atoms with Crippen LogP contribution < -0.4 is 4.72 Å². The van der Waals surface area contributed by atoms with Crippen LogP contribution in [0.1, 0.15) is 41.7 Å². The minimum atomic E-state index is -3.84. The summed E-state index contributed by atoms with van der Waals surface area (Å²) >= 11 is 0. The Morgan fingerprint density at radius 3 is 2.62 bits per heavy atom. The van der Waals surface area contributed by atoms with Gasteiger partial charge in [0.2, 0.25) is 5.91 Å². The molecule has 2 aliphatic rings. The second-order valence-corrected chi connectivity index (χ2v) is 9.16. The molecule has 0 unspecified atom stereocenters. The topological polar surface area (TPSA) is 103 Å². The third-order valence-electron chi connectivity index (χ3n) is 5.31. The van der Waals surface area contributed by atoms with Crippen LogP contribution in [0.3, 0.4) is 0 Å². The van der Waals surface area contributed by atoms with E-state index >= 15 is 0 Å². The number of likely N-dealkylation sites (tertiary alicyclic amines) is 2. The van der Waals surface area contributed by atoms with E-state index in [4.69, 9.17) is 0 Å². The highest BCUT2D eigenvalue weighted by atomic mass is 32.2. The van der Waals surface area contributed by atoms with Crippen molar-refractivity contribution in [3.63, 3.8) is 0 Å². The first-order valence-electron chi connectivity index (χ1n) is 9.80. The van der Waals surface area contributed by atoms with Gasteiger partial charge in [-0.2, -0.15) is 0 Å². The van der Waals surface area contributed by atoms with Crippen molar-refractivity contribution in [3.8, 4) is 0 Å². The van der Waals surface area contributed by atoms with Crippen LogP contribution in [0.4, 0.5) is 5.69 Å². The number of nitrogens with one attached hydrogen (secondary N) is 2. The molecule has 8 nitrogen and oxygen atoms in total. The van der Waals surface area contributed by atoms with Crippen molar-refractivity contribution < 1.29 is 18.0 Å². The molecular formula is C20H24N4O4S. The van der Waals surface area contributed by atoms with Crippen molar-refractivity contribution >= 4 is 27.5 Å². The summed E-state index contributed by atoms with van der Waals surface area (Å²) in [4.78, 5) is 30.5. The quantitative estimate of drug-likeness (QED) is 0.753. The third kappa shape index (κ3) is 4.29. The Morgan fingerprint density at radius 2 is 1.90 bits per heavy atom. The Kier molecular flexibility index (Phi) is 5.31. The van der Waals surface area contributed by atoms with Crippen molar-refractivity contribution in [2.24, 2.45) is 0 Å². The Labute approximate surface area is 169 Å². The summed E-state index contributed by atoms with van der Waals surface area (Å²) in [5, 5.41) is 0. The summed E-state index contributed by atoms with van der Waals surface area (Å²) in [6, 6.07) is 8.39. The molecule has 0 atom stereocenters. The Morgan fingerprint density at radius 1 is 1.10 bits per heavy atom. The van der Waals surface area contributed by atoms with Gasteiger partial charge in [-0.3, -0.25) is 14.3 Å². The number of rotatable bonds is 6. The normalized spacial score (nSPS) is 17.2. The molecule has 0 bridgehead atoms. The number of hydrogen-bond acceptors (Lipinski definition) is 4. The standard InChI is InChI=1S/C20H24N4O4S/c25-19-7-4-10-24(19)14-15-5-3-6-16(11-15)22-29(27,28)17-12-18(21-13-17)20(26)23-8-1-2-9-23/h3,5-6,11-13,21-22H,1-2,4,7-10,14H2. The van der Waals surface area contributed by atoms with Gasteiger partial charge in [-0.25, -0.2) is 8.42 Å². The summed E-state index contributed by atoms with van der Waals surface area (Å²) in [6.07, 6.45) is 4.70. The fraction of sp³-hybridized carbons (Fsp3) is 0.400. The lowest BCUT2D eigenvalue weighted by molar-refractivity contribution is -0.128. The van der Waals surface area contributed by atoms with Gasteiger partial charge in [0, 0.05) is 44.5 Å². The van der Waals surface area contributed by atoms with E-state index in [0.29, 0.717) is 31.7 Å². The van der Waals surface area contributed by atoms with Crippen LogP contribution in [-0.4, -0.2) is 54.7 Å². The number of amides is 2. The van der Waals surface area contributed by atoms with Crippen LogP contribution in [0.5, 0.6) is 0 Å². The maximum absolute atomic E-state index is 12.7. The Bertz CT molecular complexity index is 1020. The molecule has 0 radical (unpaired) electrons. The molecule has 2 aliphatic heterocycles. The number of benzene rings is 1. The van der Waals surface area contributed by atoms with E-state index in [-0.39, 0.29) is 22.4 Å². The minimum Gasteiger partial charge on any atom is -0.356 e. The van der Waals surface area contributed by atoms with E-state index in [0.717, 1.165) is 31.4 Å². The summed E-state index contributed by atoms with van der Waals surface area (Å²) in [6.45, 7) is 2.59. The first kappa shape index (κ1) is 19.5. The number of anilines is 1. The van der Waals surface area contributed by atoms with Crippen LogP contribution in [0.25, 0.3) is 0 Å². The summed E-state index contributed by atoms with van der Waals surface area (Å²) in [5.41, 5.74) is 1.55. The largest absolute Gasteiger partial charge is 0.356 e.